The van der Waals surface area contributed by atoms with Gasteiger partial charge in [-0.05, 0) is 92.8 Å². The van der Waals surface area contributed by atoms with E-state index in [9.17, 15) is 68.4 Å². The Balaban J connectivity index is 1.41. The van der Waals surface area contributed by atoms with E-state index in [1.54, 1.807) is 60.8 Å². The summed E-state index contributed by atoms with van der Waals surface area (Å²) in [5.41, 5.74) is 13.9. The number of nitrogens with zero attached hydrogens (tertiary/aromatic N) is 1. The molecule has 1 unspecified atom stereocenters. The first kappa shape index (κ1) is 76.7. The molecule has 526 valence electrons. The number of carbonyl (C=O) groups is 13. The third-order valence-electron chi connectivity index (χ3n) is 16.2. The number of fused-ring (bicyclic) bond motifs is 1. The van der Waals surface area contributed by atoms with Crippen LogP contribution in [0.5, 0.6) is 5.75 Å². The van der Waals surface area contributed by atoms with Gasteiger partial charge in [0, 0.05) is 60.8 Å². The van der Waals surface area contributed by atoms with E-state index in [0.29, 0.717) is 34.0 Å². The van der Waals surface area contributed by atoms with Crippen LogP contribution in [0.15, 0.2) is 85.1 Å². The van der Waals surface area contributed by atoms with Crippen molar-refractivity contribution >= 4 is 109 Å². The highest BCUT2D eigenvalue weighted by molar-refractivity contribution is 8.76. The normalized spacial score (nSPS) is 21.6. The number of nitrogens with two attached hydrogens (primary N) is 2. The number of aliphatic hydroxyl groups excluding tert-OH is 1. The zero-order valence-corrected chi connectivity index (χ0v) is 55.3. The van der Waals surface area contributed by atoms with Crippen molar-refractivity contribution in [1.29, 1.82) is 0 Å². The number of benzene rings is 3. The van der Waals surface area contributed by atoms with Crippen molar-refractivity contribution in [1.82, 2.24) is 57.7 Å². The number of phenolic OH excluding ortho intramolecular Hbond substituents is 1. The van der Waals surface area contributed by atoms with E-state index in [4.69, 9.17) is 16.6 Å². The van der Waals surface area contributed by atoms with Crippen molar-refractivity contribution in [2.45, 2.75) is 164 Å². The molecule has 2 fully saturated rings. The van der Waals surface area contributed by atoms with Gasteiger partial charge in [0.15, 0.2) is 0 Å². The van der Waals surface area contributed by atoms with Crippen molar-refractivity contribution in [3.63, 3.8) is 0 Å². The SMILES string of the molecule is CC(C)[C@H](NC(=O)[C@@H]1CSSCC(NC(=O)[C@H](CC(=O)O)NC(=O)[C@@H]2CCCN2C(=O)[C@@H](NC(=O)[C@@H](N)CCC(=O)O)[C@@H](C)O)C(=O)N[C@@H](Cc2ccccc2)C(=O)N[C@@H](Cc2c[nH]c3ccccc23)C(=O)N[C@@H](CCCCN)C(=O)N[C@@H](Cc2ccc(O)cc2)C(=O)N1)C(=O)O. The van der Waals surface area contributed by atoms with E-state index in [-0.39, 0.29) is 70.2 Å². The van der Waals surface area contributed by atoms with Crippen molar-refractivity contribution < 1.29 is 87.9 Å². The van der Waals surface area contributed by atoms with Gasteiger partial charge in [-0.1, -0.05) is 96.1 Å². The number of aromatic nitrogens is 1. The topological polar surface area (TPSA) is 502 Å². The summed E-state index contributed by atoms with van der Waals surface area (Å²) in [6.07, 6.45) is -1.85. The van der Waals surface area contributed by atoms with Crippen LogP contribution in [-0.2, 0) is 81.6 Å². The lowest BCUT2D eigenvalue weighted by Gasteiger charge is -2.31. The smallest absolute Gasteiger partial charge is 0.326 e. The van der Waals surface area contributed by atoms with Crippen LogP contribution in [-0.4, -0.2) is 210 Å². The van der Waals surface area contributed by atoms with Crippen LogP contribution in [0.3, 0.4) is 0 Å². The molecule has 97 heavy (non-hydrogen) atoms. The number of carbonyl (C=O) groups excluding carboxylic acids is 10. The molecule has 19 N–H and O–H groups in total. The Bertz CT molecular complexity index is 3450. The second-order valence-corrected chi connectivity index (χ2v) is 26.6. The average Bonchev–Trinajstić information content (AvgIpc) is 1.75. The minimum Gasteiger partial charge on any atom is -0.508 e. The van der Waals surface area contributed by atoms with Crippen LogP contribution in [0.2, 0.25) is 0 Å². The maximum absolute atomic E-state index is 15.1. The number of carboxylic acid groups (broad SMARTS) is 3. The number of likely N-dealkylation sites (tertiary alicyclic amines) is 1. The number of unbranched alkanes of at least 4 members (excludes halogenated alkanes) is 1. The summed E-state index contributed by atoms with van der Waals surface area (Å²) in [5.74, 6) is -16.0. The number of nitrogens with one attached hydrogen (secondary N) is 10. The van der Waals surface area contributed by atoms with Crippen LogP contribution < -0.4 is 59.3 Å². The Kier molecular flexibility index (Phi) is 29.5. The van der Waals surface area contributed by atoms with Crippen molar-refractivity contribution in [2.75, 3.05) is 24.6 Å². The number of aromatic amines is 1. The second kappa shape index (κ2) is 37.3. The quantitative estimate of drug-likeness (QED) is 0.0240. The highest BCUT2D eigenvalue weighted by atomic mass is 33.1. The van der Waals surface area contributed by atoms with E-state index in [1.807, 2.05) is 0 Å². The minimum atomic E-state index is -2.00. The van der Waals surface area contributed by atoms with Gasteiger partial charge < -0.3 is 94.7 Å². The fraction of sp³-hybridized carbons (Fsp3) is 0.484. The lowest BCUT2D eigenvalue weighted by atomic mass is 10.0. The summed E-state index contributed by atoms with van der Waals surface area (Å²) in [5, 5.41) is 74.1. The molecule has 33 heteroatoms. The van der Waals surface area contributed by atoms with E-state index in [0.717, 1.165) is 26.5 Å². The number of H-pyrrole nitrogens is 1. The number of hydrogen-bond donors (Lipinski definition) is 17. The highest BCUT2D eigenvalue weighted by Crippen LogP contribution is 2.26. The molecule has 2 aliphatic heterocycles. The zero-order valence-electron chi connectivity index (χ0n) is 53.7. The molecule has 0 radical (unpaired) electrons. The largest absolute Gasteiger partial charge is 0.508 e. The van der Waals surface area contributed by atoms with Crippen molar-refractivity contribution in [3.05, 3.63) is 102 Å². The van der Waals surface area contributed by atoms with Crippen molar-refractivity contribution in [2.24, 2.45) is 17.4 Å². The number of hydrogen-bond acceptors (Lipinski definition) is 19. The maximum atomic E-state index is 15.1. The third-order valence-corrected chi connectivity index (χ3v) is 18.6. The summed E-state index contributed by atoms with van der Waals surface area (Å²) in [4.78, 5) is 185. The summed E-state index contributed by atoms with van der Waals surface area (Å²) < 4.78 is 0. The number of rotatable bonds is 27. The molecule has 6 rings (SSSR count). The fourth-order valence-corrected chi connectivity index (χ4v) is 13.1. The minimum absolute atomic E-state index is 0.0443. The number of para-hydroxylation sites is 1. The van der Waals surface area contributed by atoms with Gasteiger partial charge in [-0.25, -0.2) is 4.79 Å². The first-order valence-electron chi connectivity index (χ1n) is 31.6. The summed E-state index contributed by atoms with van der Waals surface area (Å²) in [6.45, 7) is 4.32. The molecular formula is C64H85N13O18S2. The lowest BCUT2D eigenvalue weighted by molar-refractivity contribution is -0.145. The molecule has 0 saturated carbocycles. The first-order valence-corrected chi connectivity index (χ1v) is 34.1. The highest BCUT2D eigenvalue weighted by Gasteiger charge is 2.42. The van der Waals surface area contributed by atoms with Crippen molar-refractivity contribution in [3.8, 4) is 5.75 Å². The number of aliphatic hydroxyl groups is 1. The number of carboxylic acids is 3. The molecule has 0 spiro atoms. The molecule has 0 aliphatic carbocycles. The molecule has 3 aromatic carbocycles. The monoisotopic (exact) mass is 1390 g/mol. The zero-order chi connectivity index (χ0) is 71.0. The van der Waals surface area contributed by atoms with Crippen LogP contribution in [0.4, 0.5) is 0 Å². The third kappa shape index (κ3) is 23.2. The van der Waals surface area contributed by atoms with E-state index >= 15 is 14.4 Å². The van der Waals surface area contributed by atoms with Crippen LogP contribution in [0.25, 0.3) is 10.9 Å². The van der Waals surface area contributed by atoms with Crippen LogP contribution in [0, 0.1) is 5.92 Å². The average molecular weight is 1390 g/mol. The van der Waals surface area contributed by atoms with Gasteiger partial charge in [0.2, 0.25) is 59.1 Å². The predicted molar refractivity (Wildman–Crippen MR) is 355 cm³/mol. The summed E-state index contributed by atoms with van der Waals surface area (Å²) in [6, 6.07) is 3.64. The Hall–Kier alpha value is -9.31. The Labute approximate surface area is 566 Å². The van der Waals surface area contributed by atoms with Gasteiger partial charge in [-0.2, -0.15) is 0 Å². The van der Waals surface area contributed by atoms with Gasteiger partial charge in [0.1, 0.15) is 66.2 Å². The summed E-state index contributed by atoms with van der Waals surface area (Å²) in [7, 11) is 1.65. The molecule has 31 nitrogen and oxygen atoms in total. The molecule has 0 bridgehead atoms. The molecule has 4 aromatic rings. The second-order valence-electron chi connectivity index (χ2n) is 24.0. The maximum Gasteiger partial charge on any atom is 0.326 e. The number of aromatic hydroxyl groups is 1. The molecule has 2 aliphatic rings. The fourth-order valence-electron chi connectivity index (χ4n) is 10.8. The molecule has 3 heterocycles. The summed E-state index contributed by atoms with van der Waals surface area (Å²) >= 11 is 0. The Morgan fingerprint density at radius 1 is 0.649 bits per heavy atom. The van der Waals surface area contributed by atoms with Crippen LogP contribution in [0.1, 0.15) is 88.8 Å². The predicted octanol–water partition coefficient (Wildman–Crippen LogP) is -1.43. The lowest BCUT2D eigenvalue weighted by Crippen LogP contribution is -2.62. The van der Waals surface area contributed by atoms with Crippen LogP contribution >= 0.6 is 21.6 Å². The van der Waals surface area contributed by atoms with Gasteiger partial charge in [-0.3, -0.25) is 57.5 Å². The van der Waals surface area contributed by atoms with Gasteiger partial charge in [-0.15, -0.1) is 0 Å². The van der Waals surface area contributed by atoms with E-state index < -0.39 is 180 Å². The Morgan fingerprint density at radius 3 is 1.86 bits per heavy atom. The number of amides is 10. The van der Waals surface area contributed by atoms with Gasteiger partial charge >= 0.3 is 17.9 Å². The van der Waals surface area contributed by atoms with Gasteiger partial charge in [0.25, 0.3) is 0 Å². The standard InChI is InChI=1S/C64H85N13O18S2/c1-33(2)52(64(94)95)75-61(91)48-32-97-96-31-47(73-59(89)46(29-51(82)83)72-62(92)49-17-11-25-77(49)63(93)53(34(3)78)76-54(84)40(66)22-23-50(80)81)60(90)70-43(26-35-12-5-4-6-13-35)56(86)71-45(28-37-30-67-41-15-8-7-14-39(37)41)58(88)68-42(16-9-10-24-65)55(85)69-44(57(87)74-48)27-36-18-20-38(79)21-19-36/h4-8,12-15,18-21,30,33-34,40,42-49,52-53,67,78-79H,9-11,16-17,22-29,31-32,65-66H2,1-3H3,(H,68,88)(H,69,85)(H,70,90)(H,71,86)(H,72,92)(H,73,89)(H,74,87)(H,75,91)(H,76,84)(H,80,81)(H,82,83)(H,94,95)/t34-,40+,42+,43+,44+,45+,46+,47?,48+,49+,52+,53+/m1/s1. The molecule has 2 saturated heterocycles. The first-order chi connectivity index (χ1) is 46.1. The van der Waals surface area contributed by atoms with Gasteiger partial charge in [0.05, 0.1) is 18.6 Å². The number of phenols is 1. The van der Waals surface area contributed by atoms with E-state index in [2.05, 4.69) is 52.8 Å². The van der Waals surface area contributed by atoms with E-state index in [1.165, 1.54) is 45.0 Å². The molecule has 10 amide bonds. The number of aliphatic carboxylic acids is 3. The molecule has 1 aromatic heterocycles. The Morgan fingerprint density at radius 2 is 1.24 bits per heavy atom. The molecular weight excluding hydrogens is 1300 g/mol. The molecule has 12 atom stereocenters.